The molecule has 2 N–H and O–H groups in total. The van der Waals surface area contributed by atoms with Gasteiger partial charge in [0.1, 0.15) is 0 Å². The third-order valence-corrected chi connectivity index (χ3v) is 6.16. The predicted octanol–water partition coefficient (Wildman–Crippen LogP) is 5.20. The molecule has 0 atom stereocenters. The molecule has 0 bridgehead atoms. The first-order valence-electron chi connectivity index (χ1n) is 15.1. The van der Waals surface area contributed by atoms with E-state index >= 15 is 0 Å². The van der Waals surface area contributed by atoms with Crippen LogP contribution in [0.3, 0.4) is 0 Å². The summed E-state index contributed by atoms with van der Waals surface area (Å²) in [6, 6.07) is 0. The van der Waals surface area contributed by atoms with Gasteiger partial charge < -0.3 is 20.7 Å². The van der Waals surface area contributed by atoms with Crippen LogP contribution in [0.5, 0.6) is 0 Å². The normalized spacial score (nSPS) is 12.1. The van der Waals surface area contributed by atoms with Crippen molar-refractivity contribution in [2.75, 3.05) is 26.2 Å². The number of hydrogen-bond donors (Lipinski definition) is 2. The van der Waals surface area contributed by atoms with Crippen LogP contribution in [0.25, 0.3) is 0 Å². The van der Waals surface area contributed by atoms with Gasteiger partial charge in [-0.05, 0) is 44.9 Å². The lowest BCUT2D eigenvalue weighted by molar-refractivity contribution is -0.613. The van der Waals surface area contributed by atoms with Gasteiger partial charge >= 0.3 is 0 Å². The van der Waals surface area contributed by atoms with Gasteiger partial charge in [0.15, 0.2) is 5.69 Å². The lowest BCUT2D eigenvalue weighted by atomic mass is 10.2. The molecule has 1 heterocycles. The molecule has 9 nitrogen and oxygen atoms in total. The number of aryl methyl sites for hydroxylation is 1. The number of carbonyl (C=O) groups excluding carboxylic acids is 3. The van der Waals surface area contributed by atoms with E-state index in [0.29, 0.717) is 36.4 Å². The molecule has 0 aliphatic heterocycles. The summed E-state index contributed by atoms with van der Waals surface area (Å²) in [7, 11) is 0. The maximum Gasteiger partial charge on any atom is 0.276 e. The molecule has 43 heavy (non-hydrogen) atoms. The molecule has 0 fully saturated rings. The van der Waals surface area contributed by atoms with E-state index < -0.39 is 5.91 Å². The minimum Gasteiger partial charge on any atom is -0.618 e. The van der Waals surface area contributed by atoms with Crippen molar-refractivity contribution < 1.29 is 19.1 Å². The summed E-state index contributed by atoms with van der Waals surface area (Å²) in [5.74, 6) is -0.726. The minimum atomic E-state index is -0.490. The summed E-state index contributed by atoms with van der Waals surface area (Å²) in [5.41, 5.74) is 0.396. The van der Waals surface area contributed by atoms with Crippen LogP contribution in [0.4, 0.5) is 0 Å². The second-order valence-corrected chi connectivity index (χ2v) is 9.81. The second kappa shape index (κ2) is 24.3. The number of hydrogen-bond acceptors (Lipinski definition) is 5. The highest BCUT2D eigenvalue weighted by atomic mass is 16.5. The van der Waals surface area contributed by atoms with Gasteiger partial charge in [-0.15, -0.1) is 0 Å². The molecule has 3 amide bonds. The number of allylic oxidation sites excluding steroid dienone is 12. The molecule has 1 aromatic heterocycles. The first kappa shape index (κ1) is 36.8. The van der Waals surface area contributed by atoms with E-state index in [1.54, 1.807) is 11.8 Å². The second-order valence-electron chi connectivity index (χ2n) is 9.81. The van der Waals surface area contributed by atoms with Crippen molar-refractivity contribution in [2.24, 2.45) is 0 Å². The van der Waals surface area contributed by atoms with Crippen molar-refractivity contribution in [3.8, 4) is 0 Å². The number of nitrogens with zero attached hydrogens (tertiary/aromatic N) is 3. The molecule has 0 unspecified atom stereocenters. The molecule has 0 radical (unpaired) electrons. The maximum absolute atomic E-state index is 12.2. The number of rotatable bonds is 21. The smallest absolute Gasteiger partial charge is 0.276 e. The van der Waals surface area contributed by atoms with Gasteiger partial charge in [-0.3, -0.25) is 14.4 Å². The predicted molar refractivity (Wildman–Crippen MR) is 173 cm³/mol. The molecule has 0 saturated carbocycles. The topological polar surface area (TPSA) is 118 Å². The molecule has 1 rings (SSSR count). The van der Waals surface area contributed by atoms with Gasteiger partial charge in [0.2, 0.25) is 23.7 Å². The first-order chi connectivity index (χ1) is 20.8. The van der Waals surface area contributed by atoms with Gasteiger partial charge in [0.05, 0.1) is 6.20 Å². The van der Waals surface area contributed by atoms with E-state index in [4.69, 9.17) is 0 Å². The van der Waals surface area contributed by atoms with Crippen molar-refractivity contribution in [1.82, 2.24) is 20.5 Å². The average molecular weight is 592 g/mol. The SMILES string of the molecule is CCC=CCC=CCC=CCC=CCC=CCC=CCCC(=O)NCCN(CCNC(=O)c1c[n+]([O-])c(C)cn1)C(C)=O. The molecule has 0 aliphatic carbocycles. The fourth-order valence-electron chi connectivity index (χ4n) is 3.68. The Morgan fingerprint density at radius 3 is 1.79 bits per heavy atom. The Morgan fingerprint density at radius 1 is 0.814 bits per heavy atom. The molecule has 0 saturated heterocycles. The first-order valence-corrected chi connectivity index (χ1v) is 15.1. The highest BCUT2D eigenvalue weighted by Gasteiger charge is 2.14. The Balaban J connectivity index is 2.12. The maximum atomic E-state index is 12.2. The quantitative estimate of drug-likeness (QED) is 0.116. The molecular weight excluding hydrogens is 542 g/mol. The summed E-state index contributed by atoms with van der Waals surface area (Å²) < 4.78 is 0.578. The van der Waals surface area contributed by atoms with Gasteiger partial charge in [0, 0.05) is 46.4 Å². The van der Waals surface area contributed by atoms with Crippen molar-refractivity contribution in [1.29, 1.82) is 0 Å². The summed E-state index contributed by atoms with van der Waals surface area (Å²) in [4.78, 5) is 41.7. The summed E-state index contributed by atoms with van der Waals surface area (Å²) in [5, 5.41) is 17.1. The van der Waals surface area contributed by atoms with Gasteiger partial charge in [-0.1, -0.05) is 79.8 Å². The van der Waals surface area contributed by atoms with E-state index in [1.165, 1.54) is 13.1 Å². The summed E-state index contributed by atoms with van der Waals surface area (Å²) >= 11 is 0. The van der Waals surface area contributed by atoms with Gasteiger partial charge in [0.25, 0.3) is 5.91 Å². The zero-order chi connectivity index (χ0) is 31.5. The molecule has 0 aliphatic rings. The number of amides is 3. The number of aromatic nitrogens is 2. The van der Waals surface area contributed by atoms with E-state index in [1.807, 2.05) is 6.08 Å². The van der Waals surface area contributed by atoms with E-state index in [9.17, 15) is 19.6 Å². The Labute approximate surface area is 257 Å². The largest absolute Gasteiger partial charge is 0.618 e. The van der Waals surface area contributed by atoms with Gasteiger partial charge in [-0.2, -0.15) is 4.73 Å². The molecule has 234 valence electrons. The molecule has 9 heteroatoms. The Morgan fingerprint density at radius 2 is 1.30 bits per heavy atom. The molecule has 0 aromatic carbocycles. The highest BCUT2D eigenvalue weighted by molar-refractivity contribution is 5.91. The van der Waals surface area contributed by atoms with E-state index in [-0.39, 0.29) is 30.6 Å². The zero-order valence-electron chi connectivity index (χ0n) is 26.0. The Kier molecular flexibility index (Phi) is 20.8. The summed E-state index contributed by atoms with van der Waals surface area (Å²) in [6.45, 7) is 6.31. The van der Waals surface area contributed by atoms with E-state index in [2.05, 4.69) is 89.4 Å². The number of nitrogens with one attached hydrogen (secondary N) is 2. The Hall–Kier alpha value is -4.27. The van der Waals surface area contributed by atoms with Crippen LogP contribution in [0.1, 0.15) is 81.4 Å². The fourth-order valence-corrected chi connectivity index (χ4v) is 3.68. The van der Waals surface area contributed by atoms with E-state index in [0.717, 1.165) is 44.7 Å². The minimum absolute atomic E-state index is 0.00847. The van der Waals surface area contributed by atoms with Crippen LogP contribution in [0.2, 0.25) is 0 Å². The van der Waals surface area contributed by atoms with Crippen LogP contribution in [-0.2, 0) is 9.59 Å². The molecule has 0 spiro atoms. The number of carbonyl (C=O) groups is 3. The average Bonchev–Trinajstić information content (AvgIpc) is 2.98. The van der Waals surface area contributed by atoms with Crippen molar-refractivity contribution in [3.63, 3.8) is 0 Å². The lowest BCUT2D eigenvalue weighted by Crippen LogP contribution is -2.42. The van der Waals surface area contributed by atoms with Crippen molar-refractivity contribution in [3.05, 3.63) is 102 Å². The standard InChI is InChI=1S/C34H49N5O4/c1-4-5-6-7-8-9-10-11-12-13-14-15-16-17-18-19-20-21-22-23-33(41)35-24-26-38(31(3)40)27-25-36-34(42)32-29-39(43)30(2)28-37-32/h5-6,8-9,11-12,14-15,17-18,20-21,28-29H,4,7,10,13,16,19,22-27H2,1-3H3,(H,35,41)(H,36,42). The van der Waals surface area contributed by atoms with Crippen LogP contribution >= 0.6 is 0 Å². The molecular formula is C34H49N5O4. The van der Waals surface area contributed by atoms with Gasteiger partial charge in [-0.25, -0.2) is 4.98 Å². The monoisotopic (exact) mass is 591 g/mol. The van der Waals surface area contributed by atoms with Crippen LogP contribution < -0.4 is 15.4 Å². The lowest BCUT2D eigenvalue weighted by Gasteiger charge is -2.21. The zero-order valence-corrected chi connectivity index (χ0v) is 26.0. The van der Waals surface area contributed by atoms with Crippen molar-refractivity contribution >= 4 is 17.7 Å². The molecule has 1 aromatic rings. The third-order valence-electron chi connectivity index (χ3n) is 6.16. The van der Waals surface area contributed by atoms with Crippen LogP contribution in [0, 0.1) is 12.1 Å². The Bertz CT molecular complexity index is 1150. The highest BCUT2D eigenvalue weighted by Crippen LogP contribution is 1.98. The van der Waals surface area contributed by atoms with Crippen LogP contribution in [-0.4, -0.2) is 53.8 Å². The third kappa shape index (κ3) is 19.5. The van der Waals surface area contributed by atoms with Crippen molar-refractivity contribution in [2.45, 2.75) is 72.1 Å². The fraction of sp³-hybridized carbons (Fsp3) is 0.441. The van der Waals surface area contributed by atoms with Crippen LogP contribution in [0.15, 0.2) is 85.3 Å². The summed E-state index contributed by atoms with van der Waals surface area (Å²) in [6.07, 6.45) is 35.0.